The standard InChI is InChI=1S/C18H19NO/c1-3-4-5-14-8-11-17-16(12-14)19-18(20-17)15-9-6-13(2)7-10-15/h6-12H,3-5H2,1-2H3. The van der Waals surface area contributed by atoms with E-state index in [1.165, 1.54) is 24.0 Å². The van der Waals surface area contributed by atoms with Crippen molar-refractivity contribution in [2.75, 3.05) is 0 Å². The monoisotopic (exact) mass is 265 g/mol. The molecule has 20 heavy (non-hydrogen) atoms. The highest BCUT2D eigenvalue weighted by molar-refractivity contribution is 5.76. The van der Waals surface area contributed by atoms with Gasteiger partial charge in [-0.05, 0) is 49.6 Å². The van der Waals surface area contributed by atoms with E-state index in [2.05, 4.69) is 55.2 Å². The Balaban J connectivity index is 1.95. The number of nitrogens with zero attached hydrogens (tertiary/aromatic N) is 1. The van der Waals surface area contributed by atoms with Crippen molar-refractivity contribution >= 4 is 11.1 Å². The Morgan fingerprint density at radius 1 is 1.05 bits per heavy atom. The number of aryl methyl sites for hydroxylation is 2. The Kier molecular flexibility index (Phi) is 3.55. The normalized spacial score (nSPS) is 11.1. The zero-order chi connectivity index (χ0) is 13.9. The van der Waals surface area contributed by atoms with E-state index in [0.717, 1.165) is 23.1 Å². The Hall–Kier alpha value is -2.09. The molecule has 0 fully saturated rings. The summed E-state index contributed by atoms with van der Waals surface area (Å²) in [6.07, 6.45) is 3.54. The number of oxazole rings is 1. The molecule has 3 rings (SSSR count). The average Bonchev–Trinajstić information content (AvgIpc) is 2.89. The molecule has 1 aromatic heterocycles. The van der Waals surface area contributed by atoms with Crippen molar-refractivity contribution in [2.45, 2.75) is 33.1 Å². The van der Waals surface area contributed by atoms with E-state index in [-0.39, 0.29) is 0 Å². The van der Waals surface area contributed by atoms with Gasteiger partial charge in [0.2, 0.25) is 5.89 Å². The molecular weight excluding hydrogens is 246 g/mol. The second kappa shape index (κ2) is 5.49. The zero-order valence-electron chi connectivity index (χ0n) is 12.0. The summed E-state index contributed by atoms with van der Waals surface area (Å²) >= 11 is 0. The number of rotatable bonds is 4. The molecule has 0 aliphatic rings. The molecule has 0 spiro atoms. The van der Waals surface area contributed by atoms with Crippen LogP contribution in [0.25, 0.3) is 22.6 Å². The second-order valence-electron chi connectivity index (χ2n) is 5.29. The van der Waals surface area contributed by atoms with Crippen molar-refractivity contribution in [1.82, 2.24) is 4.98 Å². The SMILES string of the molecule is CCCCc1ccc2oc(-c3ccc(C)cc3)nc2c1. The van der Waals surface area contributed by atoms with Crippen molar-refractivity contribution in [2.24, 2.45) is 0 Å². The van der Waals surface area contributed by atoms with Crippen molar-refractivity contribution < 1.29 is 4.42 Å². The minimum Gasteiger partial charge on any atom is -0.436 e. The fraction of sp³-hybridized carbons (Fsp3) is 0.278. The minimum absolute atomic E-state index is 0.702. The molecule has 102 valence electrons. The molecule has 0 atom stereocenters. The summed E-state index contributed by atoms with van der Waals surface area (Å²) in [5, 5.41) is 0. The van der Waals surface area contributed by atoms with Gasteiger partial charge in [-0.15, -0.1) is 0 Å². The molecule has 0 aliphatic heterocycles. The predicted molar refractivity (Wildman–Crippen MR) is 82.8 cm³/mol. The second-order valence-corrected chi connectivity index (χ2v) is 5.29. The molecule has 0 radical (unpaired) electrons. The van der Waals surface area contributed by atoms with Crippen LogP contribution in [-0.2, 0) is 6.42 Å². The summed E-state index contributed by atoms with van der Waals surface area (Å²) in [5.74, 6) is 0.702. The topological polar surface area (TPSA) is 26.0 Å². The first-order valence-electron chi connectivity index (χ1n) is 7.23. The lowest BCUT2D eigenvalue weighted by Crippen LogP contribution is -1.83. The van der Waals surface area contributed by atoms with E-state index < -0.39 is 0 Å². The van der Waals surface area contributed by atoms with Gasteiger partial charge >= 0.3 is 0 Å². The Labute approximate surface area is 119 Å². The van der Waals surface area contributed by atoms with E-state index in [1.54, 1.807) is 0 Å². The predicted octanol–water partition coefficient (Wildman–Crippen LogP) is 5.15. The Morgan fingerprint density at radius 2 is 1.85 bits per heavy atom. The summed E-state index contributed by atoms with van der Waals surface area (Å²) in [5.41, 5.74) is 5.42. The first-order valence-corrected chi connectivity index (χ1v) is 7.23. The highest BCUT2D eigenvalue weighted by atomic mass is 16.3. The maximum Gasteiger partial charge on any atom is 0.227 e. The maximum absolute atomic E-state index is 5.84. The van der Waals surface area contributed by atoms with Gasteiger partial charge in [0.1, 0.15) is 5.52 Å². The molecule has 2 aromatic carbocycles. The molecule has 0 amide bonds. The van der Waals surface area contributed by atoms with Crippen molar-refractivity contribution in [3.63, 3.8) is 0 Å². The zero-order valence-corrected chi connectivity index (χ0v) is 12.0. The molecule has 0 N–H and O–H groups in total. The smallest absolute Gasteiger partial charge is 0.227 e. The third kappa shape index (κ3) is 2.60. The van der Waals surface area contributed by atoms with Crippen LogP contribution in [0.1, 0.15) is 30.9 Å². The number of hydrogen-bond donors (Lipinski definition) is 0. The summed E-state index contributed by atoms with van der Waals surface area (Å²) < 4.78 is 5.84. The van der Waals surface area contributed by atoms with Crippen LogP contribution in [0.3, 0.4) is 0 Å². The quantitative estimate of drug-likeness (QED) is 0.652. The van der Waals surface area contributed by atoms with Gasteiger partial charge in [0, 0.05) is 5.56 Å². The molecule has 2 heteroatoms. The van der Waals surface area contributed by atoms with Gasteiger partial charge < -0.3 is 4.42 Å². The number of hydrogen-bond acceptors (Lipinski definition) is 2. The first-order chi connectivity index (χ1) is 9.76. The lowest BCUT2D eigenvalue weighted by molar-refractivity contribution is 0.619. The van der Waals surface area contributed by atoms with Gasteiger partial charge in [0.25, 0.3) is 0 Å². The summed E-state index contributed by atoms with van der Waals surface area (Å²) in [7, 11) is 0. The first kappa shape index (κ1) is 12.9. The molecule has 0 saturated carbocycles. The van der Waals surface area contributed by atoms with E-state index in [1.807, 2.05) is 6.07 Å². The number of aromatic nitrogens is 1. The van der Waals surface area contributed by atoms with Crippen molar-refractivity contribution in [1.29, 1.82) is 0 Å². The minimum atomic E-state index is 0.702. The van der Waals surface area contributed by atoms with Gasteiger partial charge in [-0.25, -0.2) is 4.98 Å². The molecule has 2 nitrogen and oxygen atoms in total. The molecule has 0 bridgehead atoms. The van der Waals surface area contributed by atoms with Gasteiger partial charge in [0.15, 0.2) is 5.58 Å². The number of benzene rings is 2. The fourth-order valence-corrected chi connectivity index (χ4v) is 2.33. The molecule has 0 aliphatic carbocycles. The summed E-state index contributed by atoms with van der Waals surface area (Å²) in [4.78, 5) is 4.61. The van der Waals surface area contributed by atoms with Gasteiger partial charge in [-0.2, -0.15) is 0 Å². The van der Waals surface area contributed by atoms with E-state index in [9.17, 15) is 0 Å². The van der Waals surface area contributed by atoms with E-state index in [4.69, 9.17) is 4.42 Å². The van der Waals surface area contributed by atoms with Gasteiger partial charge in [-0.1, -0.05) is 37.1 Å². The van der Waals surface area contributed by atoms with Crippen LogP contribution in [-0.4, -0.2) is 4.98 Å². The van der Waals surface area contributed by atoms with Crippen LogP contribution in [0.4, 0.5) is 0 Å². The fourth-order valence-electron chi connectivity index (χ4n) is 2.33. The highest BCUT2D eigenvalue weighted by Crippen LogP contribution is 2.25. The third-order valence-corrected chi connectivity index (χ3v) is 3.57. The number of unbranched alkanes of at least 4 members (excludes halogenated alkanes) is 1. The molecule has 0 unspecified atom stereocenters. The molecule has 1 heterocycles. The number of fused-ring (bicyclic) bond motifs is 1. The van der Waals surface area contributed by atoms with Crippen molar-refractivity contribution in [3.8, 4) is 11.5 Å². The van der Waals surface area contributed by atoms with E-state index in [0.29, 0.717) is 5.89 Å². The lowest BCUT2D eigenvalue weighted by atomic mass is 10.1. The van der Waals surface area contributed by atoms with Crippen LogP contribution < -0.4 is 0 Å². The highest BCUT2D eigenvalue weighted by Gasteiger charge is 2.08. The Bertz CT molecular complexity index is 710. The molecule has 3 aromatic rings. The molecular formula is C18H19NO. The van der Waals surface area contributed by atoms with Crippen LogP contribution in [0, 0.1) is 6.92 Å². The maximum atomic E-state index is 5.84. The van der Waals surface area contributed by atoms with Crippen LogP contribution in [0.5, 0.6) is 0 Å². The Morgan fingerprint density at radius 3 is 2.60 bits per heavy atom. The summed E-state index contributed by atoms with van der Waals surface area (Å²) in [6.45, 7) is 4.29. The van der Waals surface area contributed by atoms with Crippen molar-refractivity contribution in [3.05, 3.63) is 53.6 Å². The van der Waals surface area contributed by atoms with Crippen LogP contribution in [0.15, 0.2) is 46.9 Å². The van der Waals surface area contributed by atoms with Gasteiger partial charge in [-0.3, -0.25) is 0 Å². The van der Waals surface area contributed by atoms with Gasteiger partial charge in [0.05, 0.1) is 0 Å². The van der Waals surface area contributed by atoms with Crippen LogP contribution in [0.2, 0.25) is 0 Å². The average molecular weight is 265 g/mol. The molecule has 0 saturated heterocycles. The van der Waals surface area contributed by atoms with E-state index >= 15 is 0 Å². The summed E-state index contributed by atoms with van der Waals surface area (Å²) in [6, 6.07) is 14.6. The third-order valence-electron chi connectivity index (χ3n) is 3.57. The largest absolute Gasteiger partial charge is 0.436 e. The lowest BCUT2D eigenvalue weighted by Gasteiger charge is -1.97. The van der Waals surface area contributed by atoms with Crippen LogP contribution >= 0.6 is 0 Å².